The van der Waals surface area contributed by atoms with Gasteiger partial charge in [0.15, 0.2) is 0 Å². The van der Waals surface area contributed by atoms with E-state index < -0.39 is 5.60 Å². The predicted molar refractivity (Wildman–Crippen MR) is 95.6 cm³/mol. The summed E-state index contributed by atoms with van der Waals surface area (Å²) in [6.07, 6.45) is 7.48. The Morgan fingerprint density at radius 2 is 2.08 bits per heavy atom. The van der Waals surface area contributed by atoms with Crippen molar-refractivity contribution < 1.29 is 5.11 Å². The third-order valence-corrected chi connectivity index (χ3v) is 5.96. The Morgan fingerprint density at radius 1 is 1.25 bits per heavy atom. The summed E-state index contributed by atoms with van der Waals surface area (Å²) in [5.74, 6) is 0.440. The average Bonchev–Trinajstić information content (AvgIpc) is 3.04. The molecule has 2 unspecified atom stereocenters. The van der Waals surface area contributed by atoms with Crippen molar-refractivity contribution in [3.63, 3.8) is 0 Å². The van der Waals surface area contributed by atoms with Crippen molar-refractivity contribution in [1.29, 1.82) is 0 Å². The summed E-state index contributed by atoms with van der Waals surface area (Å²) in [7, 11) is 0. The van der Waals surface area contributed by atoms with Crippen LogP contribution in [0.3, 0.4) is 0 Å². The van der Waals surface area contributed by atoms with E-state index in [-0.39, 0.29) is 0 Å². The normalized spacial score (nSPS) is 27.8. The van der Waals surface area contributed by atoms with Gasteiger partial charge in [-0.15, -0.1) is 0 Å². The van der Waals surface area contributed by atoms with E-state index in [0.717, 1.165) is 38.2 Å². The molecule has 1 aliphatic heterocycles. The molecular weight excluding hydrogens is 298 g/mol. The maximum atomic E-state index is 10.8. The number of hydrogen-bond acceptors (Lipinski definition) is 3. The lowest BCUT2D eigenvalue weighted by Crippen LogP contribution is -2.52. The minimum Gasteiger partial charge on any atom is -0.390 e. The molecule has 0 spiro atoms. The second-order valence-electron chi connectivity index (χ2n) is 7.67. The maximum Gasteiger partial charge on any atom is 0.0700 e. The number of aryl methyl sites for hydroxylation is 1. The van der Waals surface area contributed by atoms with Gasteiger partial charge >= 0.3 is 0 Å². The van der Waals surface area contributed by atoms with Crippen LogP contribution in [-0.4, -0.2) is 38.9 Å². The van der Waals surface area contributed by atoms with Crippen molar-refractivity contribution in [2.75, 3.05) is 13.1 Å². The summed E-state index contributed by atoms with van der Waals surface area (Å²) < 4.78 is 0. The zero-order chi connectivity index (χ0) is 16.6. The molecule has 4 rings (SSSR count). The molecule has 1 saturated heterocycles. The number of hydrogen-bond donors (Lipinski definition) is 2. The standard InChI is InChI=1S/C20H27N3O/c1-15-5-7-16(8-6-15)19-17(12-21-22-19)13-23-11-10-20(24)9-3-2-4-18(20)14-23/h5-8,12,18,24H,2-4,9-11,13-14H2,1H3,(H,21,22). The van der Waals surface area contributed by atoms with Crippen molar-refractivity contribution in [3.8, 4) is 11.3 Å². The molecule has 24 heavy (non-hydrogen) atoms. The van der Waals surface area contributed by atoms with Crippen LogP contribution in [0.2, 0.25) is 0 Å². The fraction of sp³-hybridized carbons (Fsp3) is 0.550. The zero-order valence-corrected chi connectivity index (χ0v) is 14.5. The number of nitrogens with one attached hydrogen (secondary N) is 1. The Morgan fingerprint density at radius 3 is 2.92 bits per heavy atom. The fourth-order valence-electron chi connectivity index (χ4n) is 4.43. The second kappa shape index (κ2) is 6.34. The van der Waals surface area contributed by atoms with E-state index in [9.17, 15) is 5.11 Å². The van der Waals surface area contributed by atoms with Gasteiger partial charge in [-0.1, -0.05) is 42.7 Å². The second-order valence-corrected chi connectivity index (χ2v) is 7.67. The van der Waals surface area contributed by atoms with Gasteiger partial charge in [0.25, 0.3) is 0 Å². The Labute approximate surface area is 143 Å². The molecule has 0 radical (unpaired) electrons. The van der Waals surface area contributed by atoms with E-state index in [1.165, 1.54) is 36.0 Å². The van der Waals surface area contributed by atoms with Crippen molar-refractivity contribution in [1.82, 2.24) is 15.1 Å². The number of fused-ring (bicyclic) bond motifs is 1. The monoisotopic (exact) mass is 325 g/mol. The summed E-state index contributed by atoms with van der Waals surface area (Å²) in [5, 5.41) is 18.3. The highest BCUT2D eigenvalue weighted by Crippen LogP contribution is 2.40. The number of H-pyrrole nitrogens is 1. The predicted octanol–water partition coefficient (Wildman–Crippen LogP) is 3.51. The lowest BCUT2D eigenvalue weighted by atomic mass is 9.71. The molecule has 0 amide bonds. The Bertz CT molecular complexity index is 693. The summed E-state index contributed by atoms with van der Waals surface area (Å²) >= 11 is 0. The van der Waals surface area contributed by atoms with Crippen LogP contribution in [-0.2, 0) is 6.54 Å². The van der Waals surface area contributed by atoms with Crippen LogP contribution in [0.15, 0.2) is 30.5 Å². The van der Waals surface area contributed by atoms with Crippen LogP contribution in [0, 0.1) is 12.8 Å². The SMILES string of the molecule is Cc1ccc(-c2[nH]ncc2CN2CCC3(O)CCCCC3C2)cc1. The number of benzene rings is 1. The third kappa shape index (κ3) is 3.01. The summed E-state index contributed by atoms with van der Waals surface area (Å²) in [6.45, 7) is 5.00. The highest BCUT2D eigenvalue weighted by Gasteiger charge is 2.42. The molecule has 1 aliphatic carbocycles. The first-order valence-corrected chi connectivity index (χ1v) is 9.18. The van der Waals surface area contributed by atoms with E-state index in [4.69, 9.17) is 0 Å². The van der Waals surface area contributed by atoms with Crippen molar-refractivity contribution >= 4 is 0 Å². The zero-order valence-electron chi connectivity index (χ0n) is 14.5. The third-order valence-electron chi connectivity index (χ3n) is 5.96. The number of rotatable bonds is 3. The van der Waals surface area contributed by atoms with Crippen LogP contribution >= 0.6 is 0 Å². The van der Waals surface area contributed by atoms with Gasteiger partial charge in [-0.05, 0) is 31.7 Å². The van der Waals surface area contributed by atoms with Gasteiger partial charge in [0.2, 0.25) is 0 Å². The highest BCUT2D eigenvalue weighted by atomic mass is 16.3. The van der Waals surface area contributed by atoms with Crippen molar-refractivity contribution in [2.24, 2.45) is 5.92 Å². The molecule has 2 N–H and O–H groups in total. The molecule has 4 heteroatoms. The van der Waals surface area contributed by atoms with E-state index in [0.29, 0.717) is 5.92 Å². The number of likely N-dealkylation sites (tertiary alicyclic amines) is 1. The molecule has 2 heterocycles. The molecule has 1 aromatic carbocycles. The van der Waals surface area contributed by atoms with E-state index in [2.05, 4.69) is 46.3 Å². The van der Waals surface area contributed by atoms with Crippen LogP contribution in [0.5, 0.6) is 0 Å². The first-order valence-electron chi connectivity index (χ1n) is 9.18. The van der Waals surface area contributed by atoms with Gasteiger partial charge in [0.05, 0.1) is 17.5 Å². The molecule has 4 nitrogen and oxygen atoms in total. The van der Waals surface area contributed by atoms with Crippen LogP contribution in [0.4, 0.5) is 0 Å². The van der Waals surface area contributed by atoms with Gasteiger partial charge < -0.3 is 5.11 Å². The number of piperidine rings is 1. The Hall–Kier alpha value is -1.65. The van der Waals surface area contributed by atoms with Gasteiger partial charge in [-0.25, -0.2) is 0 Å². The molecule has 2 fully saturated rings. The molecule has 2 atom stereocenters. The van der Waals surface area contributed by atoms with E-state index in [1.807, 2.05) is 6.20 Å². The summed E-state index contributed by atoms with van der Waals surface area (Å²) in [5.41, 5.74) is 4.44. The average molecular weight is 325 g/mol. The largest absolute Gasteiger partial charge is 0.390 e. The summed E-state index contributed by atoms with van der Waals surface area (Å²) in [4.78, 5) is 2.49. The lowest BCUT2D eigenvalue weighted by molar-refractivity contribution is -0.0967. The summed E-state index contributed by atoms with van der Waals surface area (Å²) in [6, 6.07) is 8.59. The maximum absolute atomic E-state index is 10.8. The first kappa shape index (κ1) is 15.9. The molecule has 128 valence electrons. The van der Waals surface area contributed by atoms with Crippen molar-refractivity contribution in [2.45, 2.75) is 51.2 Å². The fourth-order valence-corrected chi connectivity index (χ4v) is 4.43. The minimum absolute atomic E-state index is 0.398. The number of nitrogens with zero attached hydrogens (tertiary/aromatic N) is 2. The highest BCUT2D eigenvalue weighted by molar-refractivity contribution is 5.62. The molecule has 1 saturated carbocycles. The van der Waals surface area contributed by atoms with Gasteiger partial charge in [0.1, 0.15) is 0 Å². The topological polar surface area (TPSA) is 52.2 Å². The molecular formula is C20H27N3O. The number of aliphatic hydroxyl groups is 1. The Balaban J connectivity index is 1.49. The van der Waals surface area contributed by atoms with Crippen molar-refractivity contribution in [3.05, 3.63) is 41.6 Å². The Kier molecular flexibility index (Phi) is 4.19. The van der Waals surface area contributed by atoms with E-state index >= 15 is 0 Å². The number of aromatic amines is 1. The molecule has 1 aromatic heterocycles. The molecule has 0 bridgehead atoms. The van der Waals surface area contributed by atoms with Gasteiger partial charge in [-0.2, -0.15) is 5.10 Å². The number of aromatic nitrogens is 2. The van der Waals surface area contributed by atoms with Crippen LogP contribution in [0.1, 0.15) is 43.2 Å². The molecule has 2 aliphatic rings. The van der Waals surface area contributed by atoms with Gasteiger partial charge in [-0.3, -0.25) is 10.00 Å². The minimum atomic E-state index is -0.398. The van der Waals surface area contributed by atoms with Crippen LogP contribution < -0.4 is 0 Å². The quantitative estimate of drug-likeness (QED) is 0.908. The smallest absolute Gasteiger partial charge is 0.0700 e. The van der Waals surface area contributed by atoms with Gasteiger partial charge in [0, 0.05) is 31.1 Å². The lowest BCUT2D eigenvalue weighted by Gasteiger charge is -2.47. The van der Waals surface area contributed by atoms with Crippen LogP contribution in [0.25, 0.3) is 11.3 Å². The first-order chi connectivity index (χ1) is 11.6. The van der Waals surface area contributed by atoms with E-state index in [1.54, 1.807) is 0 Å². The molecule has 2 aromatic rings.